The number of aryl methyl sites for hydroxylation is 2. The van der Waals surface area contributed by atoms with Gasteiger partial charge in [0.15, 0.2) is 0 Å². The molecule has 0 aliphatic heterocycles. The number of anilines is 1. The SMILES string of the molecule is COc1ccc(C[C@@H](C#N)C(=O)Nc2ccc(C)c(C)c2)cc1. The first-order valence-corrected chi connectivity index (χ1v) is 7.44. The molecule has 4 heteroatoms. The van der Waals surface area contributed by atoms with Crippen LogP contribution in [0.5, 0.6) is 5.75 Å². The van der Waals surface area contributed by atoms with Crippen molar-refractivity contribution in [3.8, 4) is 11.8 Å². The summed E-state index contributed by atoms with van der Waals surface area (Å²) in [5.41, 5.74) is 3.91. The Morgan fingerprint density at radius 1 is 1.17 bits per heavy atom. The highest BCUT2D eigenvalue weighted by molar-refractivity contribution is 5.94. The van der Waals surface area contributed by atoms with Crippen molar-refractivity contribution in [2.24, 2.45) is 5.92 Å². The second-order valence-corrected chi connectivity index (χ2v) is 5.52. The van der Waals surface area contributed by atoms with Crippen molar-refractivity contribution < 1.29 is 9.53 Å². The van der Waals surface area contributed by atoms with Crippen LogP contribution in [0.4, 0.5) is 5.69 Å². The summed E-state index contributed by atoms with van der Waals surface area (Å²) in [4.78, 5) is 12.3. The smallest absolute Gasteiger partial charge is 0.242 e. The van der Waals surface area contributed by atoms with Gasteiger partial charge in [0.1, 0.15) is 11.7 Å². The molecule has 118 valence electrons. The number of rotatable bonds is 5. The number of hydrogen-bond donors (Lipinski definition) is 1. The van der Waals surface area contributed by atoms with Gasteiger partial charge in [0.05, 0.1) is 13.2 Å². The Morgan fingerprint density at radius 3 is 2.43 bits per heavy atom. The third-order valence-corrected chi connectivity index (χ3v) is 3.85. The summed E-state index contributed by atoms with van der Waals surface area (Å²) in [5.74, 6) is -0.265. The van der Waals surface area contributed by atoms with Crippen LogP contribution in [0.2, 0.25) is 0 Å². The summed E-state index contributed by atoms with van der Waals surface area (Å²) < 4.78 is 5.10. The van der Waals surface area contributed by atoms with E-state index in [2.05, 4.69) is 11.4 Å². The van der Waals surface area contributed by atoms with Gasteiger partial charge in [0.2, 0.25) is 5.91 Å². The molecule has 2 aromatic carbocycles. The van der Waals surface area contributed by atoms with Gasteiger partial charge in [-0.1, -0.05) is 18.2 Å². The molecule has 0 aliphatic rings. The Labute approximate surface area is 136 Å². The molecule has 1 amide bonds. The van der Waals surface area contributed by atoms with Crippen LogP contribution in [-0.4, -0.2) is 13.0 Å². The lowest BCUT2D eigenvalue weighted by Crippen LogP contribution is -2.23. The van der Waals surface area contributed by atoms with Crippen molar-refractivity contribution >= 4 is 11.6 Å². The van der Waals surface area contributed by atoms with E-state index in [0.717, 1.165) is 22.4 Å². The zero-order chi connectivity index (χ0) is 16.8. The van der Waals surface area contributed by atoms with Crippen molar-refractivity contribution in [1.82, 2.24) is 0 Å². The first kappa shape index (κ1) is 16.6. The lowest BCUT2D eigenvalue weighted by molar-refractivity contribution is -0.118. The first-order chi connectivity index (χ1) is 11.0. The van der Waals surface area contributed by atoms with Crippen LogP contribution in [-0.2, 0) is 11.2 Å². The normalized spacial score (nSPS) is 11.4. The molecule has 4 nitrogen and oxygen atoms in total. The molecule has 2 rings (SSSR count). The van der Waals surface area contributed by atoms with Gasteiger partial charge in [-0.2, -0.15) is 5.26 Å². The Balaban J connectivity index is 2.05. The second kappa shape index (κ2) is 7.46. The molecule has 0 aliphatic carbocycles. The fourth-order valence-electron chi connectivity index (χ4n) is 2.24. The summed E-state index contributed by atoms with van der Waals surface area (Å²) in [7, 11) is 1.60. The number of nitrogens with zero attached hydrogens (tertiary/aromatic N) is 1. The van der Waals surface area contributed by atoms with Crippen molar-refractivity contribution in [3.63, 3.8) is 0 Å². The van der Waals surface area contributed by atoms with E-state index in [9.17, 15) is 10.1 Å². The Hall–Kier alpha value is -2.80. The maximum absolute atomic E-state index is 12.3. The highest BCUT2D eigenvalue weighted by atomic mass is 16.5. The van der Waals surface area contributed by atoms with E-state index in [1.807, 2.05) is 56.3 Å². The lowest BCUT2D eigenvalue weighted by Gasteiger charge is -2.12. The summed E-state index contributed by atoms with van der Waals surface area (Å²) in [6, 6.07) is 15.2. The number of nitriles is 1. The van der Waals surface area contributed by atoms with Crippen LogP contribution in [0, 0.1) is 31.1 Å². The molecule has 0 saturated carbocycles. The standard InChI is InChI=1S/C19H20N2O2/c1-13-4-7-17(10-14(13)2)21-19(22)16(12-20)11-15-5-8-18(23-3)9-6-15/h4-10,16H,11H2,1-3H3,(H,21,22)/t16-/m0/s1. The van der Waals surface area contributed by atoms with Crippen molar-refractivity contribution in [3.05, 3.63) is 59.2 Å². The monoisotopic (exact) mass is 308 g/mol. The summed E-state index contributed by atoms with van der Waals surface area (Å²) in [6.07, 6.45) is 0.372. The molecule has 1 N–H and O–H groups in total. The van der Waals surface area contributed by atoms with Gasteiger partial charge in [-0.3, -0.25) is 4.79 Å². The quantitative estimate of drug-likeness (QED) is 0.917. The zero-order valence-corrected chi connectivity index (χ0v) is 13.6. The maximum Gasteiger partial charge on any atom is 0.242 e. The minimum Gasteiger partial charge on any atom is -0.497 e. The summed E-state index contributed by atoms with van der Waals surface area (Å²) in [6.45, 7) is 4.01. The number of methoxy groups -OCH3 is 1. The largest absolute Gasteiger partial charge is 0.497 e. The van der Waals surface area contributed by atoms with Crippen LogP contribution < -0.4 is 10.1 Å². The third kappa shape index (κ3) is 4.33. The number of nitrogens with one attached hydrogen (secondary N) is 1. The van der Waals surface area contributed by atoms with Gasteiger partial charge in [-0.25, -0.2) is 0 Å². The molecule has 23 heavy (non-hydrogen) atoms. The predicted molar refractivity (Wildman–Crippen MR) is 90.3 cm³/mol. The van der Waals surface area contributed by atoms with Gasteiger partial charge < -0.3 is 10.1 Å². The minimum atomic E-state index is -0.731. The summed E-state index contributed by atoms with van der Waals surface area (Å²) in [5, 5.41) is 12.1. The number of benzene rings is 2. The van der Waals surface area contributed by atoms with Crippen molar-refractivity contribution in [2.75, 3.05) is 12.4 Å². The first-order valence-electron chi connectivity index (χ1n) is 7.44. The maximum atomic E-state index is 12.3. The van der Waals surface area contributed by atoms with Crippen LogP contribution in [0.25, 0.3) is 0 Å². The van der Waals surface area contributed by atoms with E-state index in [0.29, 0.717) is 12.1 Å². The molecule has 0 bridgehead atoms. The molecular weight excluding hydrogens is 288 g/mol. The Kier molecular flexibility index (Phi) is 5.37. The fraction of sp³-hybridized carbons (Fsp3) is 0.263. The zero-order valence-electron chi connectivity index (χ0n) is 13.6. The second-order valence-electron chi connectivity index (χ2n) is 5.52. The average molecular weight is 308 g/mol. The van der Waals surface area contributed by atoms with E-state index < -0.39 is 5.92 Å². The van der Waals surface area contributed by atoms with Gasteiger partial charge in [-0.15, -0.1) is 0 Å². The third-order valence-electron chi connectivity index (χ3n) is 3.85. The van der Waals surface area contributed by atoms with Crippen LogP contribution in [0.1, 0.15) is 16.7 Å². The molecule has 0 heterocycles. The number of amides is 1. The number of carbonyl (C=O) groups is 1. The van der Waals surface area contributed by atoms with Gasteiger partial charge >= 0.3 is 0 Å². The highest BCUT2D eigenvalue weighted by Gasteiger charge is 2.18. The van der Waals surface area contributed by atoms with E-state index in [1.165, 1.54) is 0 Å². The predicted octanol–water partition coefficient (Wildman–Crippen LogP) is 3.63. The molecule has 0 fully saturated rings. The lowest BCUT2D eigenvalue weighted by atomic mass is 9.99. The molecular formula is C19H20N2O2. The molecule has 2 aromatic rings. The molecule has 0 radical (unpaired) electrons. The van der Waals surface area contributed by atoms with E-state index >= 15 is 0 Å². The number of hydrogen-bond acceptors (Lipinski definition) is 3. The average Bonchev–Trinajstić information content (AvgIpc) is 2.56. The summed E-state index contributed by atoms with van der Waals surface area (Å²) >= 11 is 0. The van der Waals surface area contributed by atoms with E-state index in [4.69, 9.17) is 4.74 Å². The van der Waals surface area contributed by atoms with Crippen molar-refractivity contribution in [2.45, 2.75) is 20.3 Å². The Morgan fingerprint density at radius 2 is 1.87 bits per heavy atom. The molecule has 1 atom stereocenters. The van der Waals surface area contributed by atoms with Gasteiger partial charge in [0, 0.05) is 5.69 Å². The Bertz CT molecular complexity index is 730. The van der Waals surface area contributed by atoms with E-state index in [-0.39, 0.29) is 5.91 Å². The topological polar surface area (TPSA) is 62.1 Å². The number of carbonyl (C=O) groups excluding carboxylic acids is 1. The molecule has 0 spiro atoms. The number of ether oxygens (including phenoxy) is 1. The molecule has 0 aromatic heterocycles. The minimum absolute atomic E-state index is 0.286. The van der Waals surface area contributed by atoms with Gasteiger partial charge in [-0.05, 0) is 61.2 Å². The molecule has 0 unspecified atom stereocenters. The van der Waals surface area contributed by atoms with Crippen molar-refractivity contribution in [1.29, 1.82) is 5.26 Å². The van der Waals surface area contributed by atoms with E-state index in [1.54, 1.807) is 7.11 Å². The van der Waals surface area contributed by atoms with Gasteiger partial charge in [0.25, 0.3) is 0 Å². The van der Waals surface area contributed by atoms with Crippen LogP contribution in [0.15, 0.2) is 42.5 Å². The fourth-order valence-corrected chi connectivity index (χ4v) is 2.24. The van der Waals surface area contributed by atoms with Crippen LogP contribution in [0.3, 0.4) is 0 Å². The van der Waals surface area contributed by atoms with Crippen LogP contribution >= 0.6 is 0 Å². The highest BCUT2D eigenvalue weighted by Crippen LogP contribution is 2.18. The molecule has 0 saturated heterocycles.